The van der Waals surface area contributed by atoms with Crippen LogP contribution in [0.5, 0.6) is 0 Å². The highest BCUT2D eigenvalue weighted by Gasteiger charge is 2.15. The summed E-state index contributed by atoms with van der Waals surface area (Å²) >= 11 is 4.45. The summed E-state index contributed by atoms with van der Waals surface area (Å²) in [5.74, 6) is 2.48. The third kappa shape index (κ3) is 5.07. The van der Waals surface area contributed by atoms with Gasteiger partial charge >= 0.3 is 0 Å². The molecule has 16 heavy (non-hydrogen) atoms. The molecule has 1 rings (SSSR count). The molecule has 1 unspecified atom stereocenters. The molecule has 1 saturated heterocycles. The molecule has 0 aromatic heterocycles. The van der Waals surface area contributed by atoms with E-state index in [1.54, 1.807) is 0 Å². The van der Waals surface area contributed by atoms with E-state index in [1.165, 1.54) is 45.6 Å². The first kappa shape index (κ1) is 14.3. The minimum Gasteiger partial charge on any atom is -0.305 e. The quantitative estimate of drug-likeness (QED) is 0.686. The molecule has 1 atom stereocenters. The smallest absolute Gasteiger partial charge is 0.0109 e. The van der Waals surface area contributed by atoms with Crippen molar-refractivity contribution in [1.82, 2.24) is 9.80 Å². The predicted molar refractivity (Wildman–Crippen MR) is 75.4 cm³/mol. The summed E-state index contributed by atoms with van der Waals surface area (Å²) in [5.41, 5.74) is 0. The minimum atomic E-state index is 0.729. The largest absolute Gasteiger partial charge is 0.305 e. The predicted octanol–water partition coefficient (Wildman–Crippen LogP) is 2.22. The Kier molecular flexibility index (Phi) is 6.78. The van der Waals surface area contributed by atoms with E-state index in [2.05, 4.69) is 43.3 Å². The molecular weight excluding hydrogens is 216 g/mol. The second kappa shape index (κ2) is 7.57. The van der Waals surface area contributed by atoms with Gasteiger partial charge in [0.05, 0.1) is 0 Å². The van der Waals surface area contributed by atoms with Crippen LogP contribution in [0, 0.1) is 11.8 Å². The molecule has 0 saturated carbocycles. The molecule has 0 amide bonds. The van der Waals surface area contributed by atoms with Crippen LogP contribution in [0.4, 0.5) is 0 Å². The Hall–Kier alpha value is 0.270. The average molecular weight is 244 g/mol. The Labute approximate surface area is 107 Å². The van der Waals surface area contributed by atoms with Crippen LogP contribution < -0.4 is 0 Å². The van der Waals surface area contributed by atoms with Crippen molar-refractivity contribution < 1.29 is 0 Å². The molecule has 1 fully saturated rings. The zero-order valence-corrected chi connectivity index (χ0v) is 12.0. The van der Waals surface area contributed by atoms with Crippen LogP contribution >= 0.6 is 12.6 Å². The number of rotatable bonds is 7. The minimum absolute atomic E-state index is 0.729. The Morgan fingerprint density at radius 1 is 1.25 bits per heavy atom. The highest BCUT2D eigenvalue weighted by Crippen LogP contribution is 2.14. The van der Waals surface area contributed by atoms with E-state index in [0.717, 1.165) is 17.6 Å². The van der Waals surface area contributed by atoms with Gasteiger partial charge in [-0.1, -0.05) is 13.8 Å². The maximum absolute atomic E-state index is 4.45. The summed E-state index contributed by atoms with van der Waals surface area (Å²) in [6, 6.07) is 0. The number of hydrogen-bond donors (Lipinski definition) is 1. The SMILES string of the molecule is CC(C)C(CS)CN(C)CCN1CCCC1. The molecule has 0 bridgehead atoms. The van der Waals surface area contributed by atoms with Crippen molar-refractivity contribution in [3.8, 4) is 0 Å². The van der Waals surface area contributed by atoms with Crippen LogP contribution in [-0.2, 0) is 0 Å². The van der Waals surface area contributed by atoms with Crippen LogP contribution in [0.25, 0.3) is 0 Å². The van der Waals surface area contributed by atoms with Gasteiger partial charge in [-0.05, 0) is 50.6 Å². The van der Waals surface area contributed by atoms with Gasteiger partial charge in [-0.25, -0.2) is 0 Å². The summed E-state index contributed by atoms with van der Waals surface area (Å²) in [7, 11) is 2.24. The van der Waals surface area contributed by atoms with E-state index in [9.17, 15) is 0 Å². The Bertz CT molecular complexity index is 179. The fourth-order valence-corrected chi connectivity index (χ4v) is 2.83. The number of thiol groups is 1. The van der Waals surface area contributed by atoms with Crippen LogP contribution in [0.1, 0.15) is 26.7 Å². The van der Waals surface area contributed by atoms with Crippen molar-refractivity contribution in [1.29, 1.82) is 0 Å². The summed E-state index contributed by atoms with van der Waals surface area (Å²) in [6.07, 6.45) is 2.80. The van der Waals surface area contributed by atoms with Crippen LogP contribution in [0.15, 0.2) is 0 Å². The summed E-state index contributed by atoms with van der Waals surface area (Å²) in [4.78, 5) is 5.06. The topological polar surface area (TPSA) is 6.48 Å². The van der Waals surface area contributed by atoms with E-state index < -0.39 is 0 Å². The van der Waals surface area contributed by atoms with Gasteiger partial charge in [-0.15, -0.1) is 0 Å². The third-order valence-electron chi connectivity index (χ3n) is 3.72. The lowest BCUT2D eigenvalue weighted by atomic mass is 9.97. The lowest BCUT2D eigenvalue weighted by Gasteiger charge is -2.27. The first-order valence-corrected chi connectivity index (χ1v) is 7.28. The normalized spacial score (nSPS) is 19.9. The van der Waals surface area contributed by atoms with Crippen LogP contribution in [0.2, 0.25) is 0 Å². The van der Waals surface area contributed by atoms with E-state index in [0.29, 0.717) is 0 Å². The van der Waals surface area contributed by atoms with Gasteiger partial charge in [-0.2, -0.15) is 12.6 Å². The van der Waals surface area contributed by atoms with Gasteiger partial charge in [-0.3, -0.25) is 0 Å². The average Bonchev–Trinajstić information content (AvgIpc) is 2.75. The summed E-state index contributed by atoms with van der Waals surface area (Å²) in [6.45, 7) is 10.9. The number of likely N-dealkylation sites (N-methyl/N-ethyl adjacent to an activating group) is 1. The molecule has 0 aromatic rings. The standard InChI is InChI=1S/C13H28N2S/c1-12(2)13(11-16)10-14(3)8-9-15-6-4-5-7-15/h12-13,16H,4-11H2,1-3H3. The third-order valence-corrected chi connectivity index (χ3v) is 4.19. The monoisotopic (exact) mass is 244 g/mol. The molecule has 0 N–H and O–H groups in total. The second-order valence-corrected chi connectivity index (χ2v) is 5.86. The van der Waals surface area contributed by atoms with Crippen LogP contribution in [-0.4, -0.2) is 55.3 Å². The second-order valence-electron chi connectivity index (χ2n) is 5.50. The van der Waals surface area contributed by atoms with Crippen molar-refractivity contribution in [3.05, 3.63) is 0 Å². The lowest BCUT2D eigenvalue weighted by molar-refractivity contribution is 0.218. The zero-order valence-electron chi connectivity index (χ0n) is 11.2. The van der Waals surface area contributed by atoms with Gasteiger partial charge < -0.3 is 9.80 Å². The molecule has 0 aliphatic carbocycles. The van der Waals surface area contributed by atoms with Gasteiger partial charge in [0.15, 0.2) is 0 Å². The highest BCUT2D eigenvalue weighted by atomic mass is 32.1. The van der Waals surface area contributed by atoms with Gasteiger partial charge in [0.1, 0.15) is 0 Å². The molecule has 0 aromatic carbocycles. The van der Waals surface area contributed by atoms with Gasteiger partial charge in [0.2, 0.25) is 0 Å². The van der Waals surface area contributed by atoms with Gasteiger partial charge in [0, 0.05) is 19.6 Å². The van der Waals surface area contributed by atoms with E-state index in [4.69, 9.17) is 0 Å². The molecule has 1 aliphatic heterocycles. The van der Waals surface area contributed by atoms with Crippen molar-refractivity contribution in [2.45, 2.75) is 26.7 Å². The summed E-state index contributed by atoms with van der Waals surface area (Å²) in [5, 5.41) is 0. The molecule has 1 heterocycles. The summed E-state index contributed by atoms with van der Waals surface area (Å²) < 4.78 is 0. The molecule has 1 aliphatic rings. The number of nitrogens with zero attached hydrogens (tertiary/aromatic N) is 2. The fraction of sp³-hybridized carbons (Fsp3) is 1.00. The highest BCUT2D eigenvalue weighted by molar-refractivity contribution is 7.80. The van der Waals surface area contributed by atoms with Crippen molar-refractivity contribution in [3.63, 3.8) is 0 Å². The Balaban J connectivity index is 2.15. The number of likely N-dealkylation sites (tertiary alicyclic amines) is 1. The maximum atomic E-state index is 4.45. The Morgan fingerprint density at radius 2 is 1.88 bits per heavy atom. The zero-order chi connectivity index (χ0) is 12.0. The molecular formula is C13H28N2S. The van der Waals surface area contributed by atoms with E-state index in [1.807, 2.05) is 0 Å². The molecule has 2 nitrogen and oxygen atoms in total. The van der Waals surface area contributed by atoms with Crippen molar-refractivity contribution in [2.24, 2.45) is 11.8 Å². The molecule has 96 valence electrons. The Morgan fingerprint density at radius 3 is 2.38 bits per heavy atom. The molecule has 3 heteroatoms. The van der Waals surface area contributed by atoms with E-state index in [-0.39, 0.29) is 0 Å². The van der Waals surface area contributed by atoms with Gasteiger partial charge in [0.25, 0.3) is 0 Å². The van der Waals surface area contributed by atoms with Crippen molar-refractivity contribution in [2.75, 3.05) is 45.5 Å². The first-order valence-electron chi connectivity index (χ1n) is 6.65. The van der Waals surface area contributed by atoms with Crippen molar-refractivity contribution >= 4 is 12.6 Å². The maximum Gasteiger partial charge on any atom is 0.0109 e. The molecule has 0 radical (unpaired) electrons. The van der Waals surface area contributed by atoms with E-state index >= 15 is 0 Å². The fourth-order valence-electron chi connectivity index (χ4n) is 2.29. The number of hydrogen-bond acceptors (Lipinski definition) is 3. The first-order chi connectivity index (χ1) is 7.63. The lowest BCUT2D eigenvalue weighted by Crippen LogP contribution is -2.35. The van der Waals surface area contributed by atoms with Crippen LogP contribution in [0.3, 0.4) is 0 Å². The molecule has 0 spiro atoms.